The van der Waals surface area contributed by atoms with E-state index in [1.807, 2.05) is 72.1 Å². The Kier molecular flexibility index (Phi) is 4.87. The Morgan fingerprint density at radius 3 is 2.54 bits per heavy atom. The van der Waals surface area contributed by atoms with Gasteiger partial charge in [0, 0.05) is 29.1 Å². The fourth-order valence-corrected chi connectivity index (χ4v) is 3.67. The quantitative estimate of drug-likeness (QED) is 0.507. The van der Waals surface area contributed by atoms with Gasteiger partial charge in [-0.05, 0) is 35.0 Å². The molecule has 0 saturated carbocycles. The molecule has 0 bridgehead atoms. The largest absolute Gasteiger partial charge is 0.322 e. The van der Waals surface area contributed by atoms with Gasteiger partial charge in [0.25, 0.3) is 5.91 Å². The summed E-state index contributed by atoms with van der Waals surface area (Å²) in [5.74, 6) is -0.322. The van der Waals surface area contributed by atoms with Gasteiger partial charge in [0.15, 0.2) is 5.13 Å². The number of nitrogens with zero attached hydrogens (tertiary/aromatic N) is 1. The predicted molar refractivity (Wildman–Crippen MR) is 114 cm³/mol. The number of hydrogen-bond donors (Lipinski definition) is 2. The Labute approximate surface area is 166 Å². The molecule has 0 fully saturated rings. The summed E-state index contributed by atoms with van der Waals surface area (Å²) in [7, 11) is 0. The maximum Gasteiger partial charge on any atom is 0.255 e. The molecular formula is C22H17N3O2S. The molecule has 138 valence electrons. The summed E-state index contributed by atoms with van der Waals surface area (Å²) < 4.78 is 0. The number of aromatic nitrogens is 1. The van der Waals surface area contributed by atoms with Crippen LogP contribution in [0, 0.1) is 0 Å². The highest BCUT2D eigenvalue weighted by molar-refractivity contribution is 7.14. The summed E-state index contributed by atoms with van der Waals surface area (Å²) in [6.45, 7) is 1.45. The van der Waals surface area contributed by atoms with Crippen LogP contribution in [0.15, 0.2) is 72.1 Å². The van der Waals surface area contributed by atoms with E-state index in [2.05, 4.69) is 15.6 Å². The van der Waals surface area contributed by atoms with Gasteiger partial charge in [-0.2, -0.15) is 0 Å². The lowest BCUT2D eigenvalue weighted by atomic mass is 10.1. The number of hydrogen-bond acceptors (Lipinski definition) is 4. The first-order valence-corrected chi connectivity index (χ1v) is 9.60. The fourth-order valence-electron chi connectivity index (χ4n) is 2.90. The molecular weight excluding hydrogens is 370 g/mol. The number of rotatable bonds is 4. The zero-order valence-corrected chi connectivity index (χ0v) is 15.9. The highest BCUT2D eigenvalue weighted by atomic mass is 32.1. The van der Waals surface area contributed by atoms with Crippen LogP contribution in [-0.2, 0) is 4.79 Å². The van der Waals surface area contributed by atoms with Crippen molar-refractivity contribution in [2.75, 3.05) is 10.6 Å². The third kappa shape index (κ3) is 3.92. The first-order valence-electron chi connectivity index (χ1n) is 8.72. The van der Waals surface area contributed by atoms with Crippen LogP contribution in [-0.4, -0.2) is 16.8 Å². The second-order valence-corrected chi connectivity index (χ2v) is 7.17. The average molecular weight is 387 g/mol. The number of carbonyl (C=O) groups excluding carboxylic acids is 2. The Bertz CT molecular complexity index is 1180. The Morgan fingerprint density at radius 1 is 0.893 bits per heavy atom. The lowest BCUT2D eigenvalue weighted by molar-refractivity contribution is -0.114. The lowest BCUT2D eigenvalue weighted by Gasteiger charge is -2.08. The summed E-state index contributed by atoms with van der Waals surface area (Å²) in [6, 6.07) is 21.1. The Hall–Kier alpha value is -3.51. The molecule has 0 saturated heterocycles. The van der Waals surface area contributed by atoms with Crippen LogP contribution in [0.1, 0.15) is 17.3 Å². The number of fused-ring (bicyclic) bond motifs is 1. The van der Waals surface area contributed by atoms with Crippen LogP contribution >= 0.6 is 11.3 Å². The van der Waals surface area contributed by atoms with E-state index in [1.54, 1.807) is 0 Å². The maximum atomic E-state index is 12.7. The zero-order chi connectivity index (χ0) is 19.5. The lowest BCUT2D eigenvalue weighted by Crippen LogP contribution is -2.11. The smallest absolute Gasteiger partial charge is 0.255 e. The van der Waals surface area contributed by atoms with E-state index in [1.165, 1.54) is 18.3 Å². The molecule has 0 radical (unpaired) electrons. The summed E-state index contributed by atoms with van der Waals surface area (Å²) in [5, 5.41) is 10.2. The van der Waals surface area contributed by atoms with E-state index in [0.29, 0.717) is 16.4 Å². The number of nitrogens with one attached hydrogen (secondary N) is 2. The first-order chi connectivity index (χ1) is 13.6. The van der Waals surface area contributed by atoms with Gasteiger partial charge >= 0.3 is 0 Å². The van der Waals surface area contributed by atoms with Gasteiger partial charge in [0.1, 0.15) is 0 Å². The number of thiazole rings is 1. The van der Waals surface area contributed by atoms with E-state index in [9.17, 15) is 9.59 Å². The molecule has 5 nitrogen and oxygen atoms in total. The molecule has 4 aromatic rings. The summed E-state index contributed by atoms with van der Waals surface area (Å²) in [6.07, 6.45) is 0. The number of carbonyl (C=O) groups is 2. The van der Waals surface area contributed by atoms with E-state index >= 15 is 0 Å². The van der Waals surface area contributed by atoms with Gasteiger partial charge in [-0.1, -0.05) is 42.5 Å². The maximum absolute atomic E-state index is 12.7. The molecule has 0 spiro atoms. The second-order valence-electron chi connectivity index (χ2n) is 6.32. The van der Waals surface area contributed by atoms with Crippen molar-refractivity contribution < 1.29 is 9.59 Å². The van der Waals surface area contributed by atoms with Crippen LogP contribution in [0.5, 0.6) is 0 Å². The van der Waals surface area contributed by atoms with Crippen molar-refractivity contribution >= 4 is 44.7 Å². The van der Waals surface area contributed by atoms with Crippen LogP contribution in [0.2, 0.25) is 0 Å². The molecule has 0 atom stereocenters. The molecule has 1 heterocycles. The van der Waals surface area contributed by atoms with E-state index in [-0.39, 0.29) is 11.8 Å². The second kappa shape index (κ2) is 7.62. The number of anilines is 2. The predicted octanol–water partition coefficient (Wildman–Crippen LogP) is 5.17. The van der Waals surface area contributed by atoms with Crippen molar-refractivity contribution in [2.24, 2.45) is 0 Å². The summed E-state index contributed by atoms with van der Waals surface area (Å²) in [4.78, 5) is 28.2. The molecule has 3 aromatic carbocycles. The SMILES string of the molecule is CC(=O)Nc1nc(-c2cccc(NC(=O)c3ccc4ccccc4c3)c2)cs1. The van der Waals surface area contributed by atoms with Crippen molar-refractivity contribution in [2.45, 2.75) is 6.92 Å². The third-order valence-electron chi connectivity index (χ3n) is 4.22. The van der Waals surface area contributed by atoms with Crippen LogP contribution < -0.4 is 10.6 Å². The van der Waals surface area contributed by atoms with Crippen molar-refractivity contribution in [3.8, 4) is 11.3 Å². The van der Waals surface area contributed by atoms with E-state index in [0.717, 1.165) is 22.0 Å². The van der Waals surface area contributed by atoms with E-state index < -0.39 is 0 Å². The minimum absolute atomic E-state index is 0.155. The van der Waals surface area contributed by atoms with Crippen molar-refractivity contribution in [1.29, 1.82) is 0 Å². The topological polar surface area (TPSA) is 71.1 Å². The molecule has 0 aliphatic carbocycles. The monoisotopic (exact) mass is 387 g/mol. The normalized spacial score (nSPS) is 10.6. The molecule has 1 aromatic heterocycles. The van der Waals surface area contributed by atoms with E-state index in [4.69, 9.17) is 0 Å². The molecule has 2 N–H and O–H groups in total. The third-order valence-corrected chi connectivity index (χ3v) is 4.97. The standard InChI is InChI=1S/C22H17N3O2S/c1-14(26)23-22-25-20(13-28-22)17-7-4-8-19(12-17)24-21(27)18-10-9-15-5-2-3-6-16(15)11-18/h2-13H,1H3,(H,24,27)(H,23,25,26). The minimum atomic E-state index is -0.167. The van der Waals surface area contributed by atoms with Gasteiger partial charge < -0.3 is 10.6 Å². The molecule has 0 aliphatic rings. The Balaban J connectivity index is 1.54. The molecule has 0 aliphatic heterocycles. The average Bonchev–Trinajstić information content (AvgIpc) is 3.15. The zero-order valence-electron chi connectivity index (χ0n) is 15.1. The van der Waals surface area contributed by atoms with Crippen LogP contribution in [0.25, 0.3) is 22.0 Å². The molecule has 2 amide bonds. The highest BCUT2D eigenvalue weighted by Gasteiger charge is 2.10. The van der Waals surface area contributed by atoms with Crippen molar-refractivity contribution in [3.05, 3.63) is 77.7 Å². The van der Waals surface area contributed by atoms with Gasteiger partial charge in [-0.25, -0.2) is 4.98 Å². The Morgan fingerprint density at radius 2 is 1.71 bits per heavy atom. The van der Waals surface area contributed by atoms with Crippen molar-refractivity contribution in [1.82, 2.24) is 4.98 Å². The summed E-state index contributed by atoms with van der Waals surface area (Å²) in [5.41, 5.74) is 2.90. The van der Waals surface area contributed by atoms with Crippen LogP contribution in [0.3, 0.4) is 0 Å². The minimum Gasteiger partial charge on any atom is -0.322 e. The molecule has 4 rings (SSSR count). The van der Waals surface area contributed by atoms with Gasteiger partial charge in [0.05, 0.1) is 5.69 Å². The molecule has 6 heteroatoms. The summed E-state index contributed by atoms with van der Waals surface area (Å²) >= 11 is 1.36. The fraction of sp³-hybridized carbons (Fsp3) is 0.0455. The van der Waals surface area contributed by atoms with Gasteiger partial charge in [-0.3, -0.25) is 9.59 Å². The first kappa shape index (κ1) is 17.9. The van der Waals surface area contributed by atoms with Crippen molar-refractivity contribution in [3.63, 3.8) is 0 Å². The number of amides is 2. The van der Waals surface area contributed by atoms with Gasteiger partial charge in [-0.15, -0.1) is 11.3 Å². The number of benzene rings is 3. The van der Waals surface area contributed by atoms with Gasteiger partial charge in [0.2, 0.25) is 5.91 Å². The molecule has 0 unspecified atom stereocenters. The highest BCUT2D eigenvalue weighted by Crippen LogP contribution is 2.27. The molecule has 28 heavy (non-hydrogen) atoms. The van der Waals surface area contributed by atoms with Crippen LogP contribution in [0.4, 0.5) is 10.8 Å².